The zero-order chi connectivity index (χ0) is 11.8. The van der Waals surface area contributed by atoms with E-state index in [2.05, 4.69) is 9.72 Å². The minimum Gasteiger partial charge on any atom is -0.484 e. The topological polar surface area (TPSA) is 38.2 Å². The van der Waals surface area contributed by atoms with E-state index in [1.165, 1.54) is 12.1 Å². The van der Waals surface area contributed by atoms with E-state index >= 15 is 0 Å². The van der Waals surface area contributed by atoms with Crippen LogP contribution in [0.4, 0.5) is 13.2 Å². The number of ether oxygens (including phenoxy) is 1. The molecule has 0 saturated heterocycles. The molecule has 0 fully saturated rings. The molecule has 86 valence electrons. The van der Waals surface area contributed by atoms with Gasteiger partial charge in [-0.15, -0.1) is 0 Å². The quantitative estimate of drug-likeness (QED) is 0.828. The fourth-order valence-corrected chi connectivity index (χ4v) is 1.38. The molecule has 1 heterocycles. The van der Waals surface area contributed by atoms with E-state index < -0.39 is 12.8 Å². The molecule has 3 nitrogen and oxygen atoms in total. The van der Waals surface area contributed by atoms with E-state index in [0.717, 1.165) is 0 Å². The van der Waals surface area contributed by atoms with Crippen molar-refractivity contribution in [2.75, 3.05) is 6.61 Å². The number of oxazole rings is 1. The minimum absolute atomic E-state index is 0.0857. The summed E-state index contributed by atoms with van der Waals surface area (Å²) in [5, 5.41) is 0. The fraction of sp³-hybridized carbons (Fsp3) is 0.222. The first-order chi connectivity index (χ1) is 7.44. The van der Waals surface area contributed by atoms with Gasteiger partial charge in [-0.2, -0.15) is 13.2 Å². The van der Waals surface area contributed by atoms with E-state index in [1.807, 2.05) is 0 Å². The molecule has 0 unspecified atom stereocenters. The number of fused-ring (bicyclic) bond motifs is 1. The van der Waals surface area contributed by atoms with Crippen molar-refractivity contribution in [3.05, 3.63) is 23.0 Å². The molecule has 2 aromatic rings. The van der Waals surface area contributed by atoms with E-state index in [4.69, 9.17) is 16.6 Å². The second kappa shape index (κ2) is 3.82. The summed E-state index contributed by atoms with van der Waals surface area (Å²) in [5.41, 5.74) is 0.981. The normalized spacial score (nSPS) is 11.9. The van der Waals surface area contributed by atoms with E-state index in [1.54, 1.807) is 6.07 Å². The first kappa shape index (κ1) is 11.0. The Hall–Kier alpha value is -1.50. The van der Waals surface area contributed by atoms with Gasteiger partial charge in [0.2, 0.25) is 0 Å². The van der Waals surface area contributed by atoms with Crippen molar-refractivity contribution in [1.82, 2.24) is 4.98 Å². The van der Waals surface area contributed by atoms with Gasteiger partial charge >= 0.3 is 6.18 Å². The highest BCUT2D eigenvalue weighted by Crippen LogP contribution is 2.22. The lowest BCUT2D eigenvalue weighted by molar-refractivity contribution is -0.153. The molecule has 1 aromatic carbocycles. The molecule has 0 aliphatic rings. The van der Waals surface area contributed by atoms with E-state index in [-0.39, 0.29) is 10.6 Å². The Labute approximate surface area is 92.8 Å². The highest BCUT2D eigenvalue weighted by Gasteiger charge is 2.28. The average molecular weight is 249 g/mol. The van der Waals surface area contributed by atoms with Crippen LogP contribution in [0.2, 0.25) is 0 Å². The minimum atomic E-state index is -4.35. The zero-order valence-electron chi connectivity index (χ0n) is 7.80. The Bertz CT molecular complexity index is 558. The number of hydrogen-bond donors (Lipinski definition) is 1. The van der Waals surface area contributed by atoms with Crippen LogP contribution in [0.1, 0.15) is 0 Å². The third-order valence-corrected chi connectivity index (χ3v) is 1.98. The van der Waals surface area contributed by atoms with Crippen LogP contribution < -0.4 is 4.74 Å². The molecular weight excluding hydrogens is 243 g/mol. The van der Waals surface area contributed by atoms with Gasteiger partial charge in [0.15, 0.2) is 12.2 Å². The average Bonchev–Trinajstić information content (AvgIpc) is 2.52. The second-order valence-corrected chi connectivity index (χ2v) is 3.45. The third kappa shape index (κ3) is 2.54. The molecule has 1 aromatic heterocycles. The van der Waals surface area contributed by atoms with Crippen molar-refractivity contribution in [2.45, 2.75) is 6.18 Å². The van der Waals surface area contributed by atoms with Crippen LogP contribution in [0.15, 0.2) is 22.6 Å². The number of rotatable bonds is 2. The maximum atomic E-state index is 11.9. The SMILES string of the molecule is FC(F)(F)COc1ccc2[nH]c(=S)oc2c1. The number of nitrogens with one attached hydrogen (secondary N) is 1. The number of halogens is 3. The highest BCUT2D eigenvalue weighted by molar-refractivity contribution is 7.71. The number of hydrogen-bond acceptors (Lipinski definition) is 3. The summed E-state index contributed by atoms with van der Waals surface area (Å²) in [4.78, 5) is 2.90. The molecular formula is C9H6F3NO2S. The predicted octanol–water partition coefficient (Wildman–Crippen LogP) is 3.43. The number of aromatic nitrogens is 1. The molecule has 0 radical (unpaired) electrons. The van der Waals surface area contributed by atoms with Crippen LogP contribution in [0.5, 0.6) is 5.75 Å². The molecule has 0 saturated carbocycles. The van der Waals surface area contributed by atoms with Gasteiger partial charge in [0.25, 0.3) is 4.84 Å². The molecule has 2 rings (SSSR count). The Balaban J connectivity index is 2.22. The predicted molar refractivity (Wildman–Crippen MR) is 52.9 cm³/mol. The van der Waals surface area contributed by atoms with Crippen LogP contribution in [0.25, 0.3) is 11.1 Å². The van der Waals surface area contributed by atoms with E-state index in [9.17, 15) is 13.2 Å². The summed E-state index contributed by atoms with van der Waals surface area (Å²) in [6.45, 7) is -1.33. The Morgan fingerprint density at radius 2 is 2.12 bits per heavy atom. The lowest BCUT2D eigenvalue weighted by atomic mass is 10.3. The van der Waals surface area contributed by atoms with Gasteiger partial charge in [0, 0.05) is 6.07 Å². The molecule has 7 heteroatoms. The monoisotopic (exact) mass is 249 g/mol. The van der Waals surface area contributed by atoms with Crippen molar-refractivity contribution in [3.8, 4) is 5.75 Å². The van der Waals surface area contributed by atoms with Crippen LogP contribution in [0, 0.1) is 4.84 Å². The fourth-order valence-electron chi connectivity index (χ4n) is 1.18. The van der Waals surface area contributed by atoms with Crippen molar-refractivity contribution < 1.29 is 22.3 Å². The Kier molecular flexibility index (Phi) is 2.63. The van der Waals surface area contributed by atoms with Crippen molar-refractivity contribution >= 4 is 23.3 Å². The first-order valence-corrected chi connectivity index (χ1v) is 4.67. The molecule has 0 atom stereocenters. The molecule has 0 aliphatic carbocycles. The van der Waals surface area contributed by atoms with Crippen molar-refractivity contribution in [3.63, 3.8) is 0 Å². The lowest BCUT2D eigenvalue weighted by Gasteiger charge is -2.08. The molecule has 0 amide bonds. The number of H-pyrrole nitrogens is 1. The molecule has 1 N–H and O–H groups in total. The van der Waals surface area contributed by atoms with Gasteiger partial charge < -0.3 is 14.1 Å². The van der Waals surface area contributed by atoms with Gasteiger partial charge in [-0.25, -0.2) is 0 Å². The molecule has 0 bridgehead atoms. The summed E-state index contributed by atoms with van der Waals surface area (Å²) in [7, 11) is 0. The molecule has 0 aliphatic heterocycles. The van der Waals surface area contributed by atoms with Crippen LogP contribution >= 0.6 is 12.2 Å². The summed E-state index contributed by atoms with van der Waals surface area (Å²) >= 11 is 4.74. The van der Waals surface area contributed by atoms with Gasteiger partial charge in [0.05, 0.1) is 5.52 Å². The van der Waals surface area contributed by atoms with Gasteiger partial charge in [0.1, 0.15) is 5.75 Å². The number of aromatic amines is 1. The lowest BCUT2D eigenvalue weighted by Crippen LogP contribution is -2.19. The maximum absolute atomic E-state index is 11.9. The second-order valence-electron chi connectivity index (χ2n) is 3.08. The largest absolute Gasteiger partial charge is 0.484 e. The first-order valence-electron chi connectivity index (χ1n) is 4.26. The van der Waals surface area contributed by atoms with Gasteiger partial charge in [-0.05, 0) is 24.4 Å². The summed E-state index contributed by atoms with van der Waals surface area (Å²) < 4.78 is 45.3. The Morgan fingerprint density at radius 1 is 1.38 bits per heavy atom. The molecule has 16 heavy (non-hydrogen) atoms. The van der Waals surface area contributed by atoms with Crippen LogP contribution in [-0.2, 0) is 0 Å². The van der Waals surface area contributed by atoms with E-state index in [0.29, 0.717) is 11.1 Å². The van der Waals surface area contributed by atoms with Crippen LogP contribution in [0.3, 0.4) is 0 Å². The van der Waals surface area contributed by atoms with Crippen LogP contribution in [-0.4, -0.2) is 17.8 Å². The Morgan fingerprint density at radius 3 is 2.81 bits per heavy atom. The van der Waals surface area contributed by atoms with Gasteiger partial charge in [-0.1, -0.05) is 0 Å². The smallest absolute Gasteiger partial charge is 0.422 e. The third-order valence-electron chi connectivity index (χ3n) is 1.79. The van der Waals surface area contributed by atoms with Crippen molar-refractivity contribution in [1.29, 1.82) is 0 Å². The summed E-state index contributed by atoms with van der Waals surface area (Å²) in [6, 6.07) is 4.31. The zero-order valence-corrected chi connectivity index (χ0v) is 8.61. The summed E-state index contributed by atoms with van der Waals surface area (Å²) in [5.74, 6) is 0.0857. The van der Waals surface area contributed by atoms with Gasteiger partial charge in [-0.3, -0.25) is 0 Å². The maximum Gasteiger partial charge on any atom is 0.422 e. The number of alkyl halides is 3. The number of benzene rings is 1. The standard InChI is InChI=1S/C9H6F3NO2S/c10-9(11,12)4-14-5-1-2-6-7(3-5)15-8(16)13-6/h1-3H,4H2,(H,13,16). The molecule has 0 spiro atoms. The summed E-state index contributed by atoms with van der Waals surface area (Å²) in [6.07, 6.45) is -4.35. The highest BCUT2D eigenvalue weighted by atomic mass is 32.1. The van der Waals surface area contributed by atoms with Crippen molar-refractivity contribution in [2.24, 2.45) is 0 Å².